The minimum Gasteiger partial charge on any atom is -0.396 e. The maximum absolute atomic E-state index is 9.64. The molecule has 204 valence electrons. The molecule has 2 aromatic rings. The lowest BCUT2D eigenvalue weighted by Crippen LogP contribution is -2.25. The largest absolute Gasteiger partial charge is 0.396 e. The molecule has 0 bridgehead atoms. The molecule has 0 spiro atoms. The van der Waals surface area contributed by atoms with Crippen molar-refractivity contribution >= 4 is 0 Å². The van der Waals surface area contributed by atoms with Gasteiger partial charge in [0.05, 0.1) is 0 Å². The number of benzene rings is 2. The Labute approximate surface area is 226 Å². The van der Waals surface area contributed by atoms with E-state index in [2.05, 4.69) is 55.5 Å². The van der Waals surface area contributed by atoms with Crippen LogP contribution in [-0.4, -0.2) is 23.4 Å². The van der Waals surface area contributed by atoms with E-state index in [4.69, 9.17) is 0 Å². The van der Waals surface area contributed by atoms with Gasteiger partial charge in [0.25, 0.3) is 0 Å². The molecule has 2 heteroatoms. The second-order valence-corrected chi connectivity index (χ2v) is 12.3. The first-order valence-corrected chi connectivity index (χ1v) is 15.6. The van der Waals surface area contributed by atoms with Crippen LogP contribution in [0.25, 0.3) is 0 Å². The van der Waals surface area contributed by atoms with Gasteiger partial charge in [-0.15, -0.1) is 0 Å². The van der Waals surface area contributed by atoms with Crippen LogP contribution in [0.4, 0.5) is 0 Å². The average molecular weight is 505 g/mol. The molecule has 0 saturated heterocycles. The van der Waals surface area contributed by atoms with Crippen LogP contribution < -0.4 is 0 Å². The number of aryl methyl sites for hydroxylation is 2. The number of rotatable bonds is 13. The normalized spacial score (nSPS) is 25.2. The van der Waals surface area contributed by atoms with Gasteiger partial charge in [0, 0.05) is 13.2 Å². The van der Waals surface area contributed by atoms with Crippen molar-refractivity contribution in [2.75, 3.05) is 13.2 Å². The molecule has 2 fully saturated rings. The van der Waals surface area contributed by atoms with Gasteiger partial charge in [-0.2, -0.15) is 0 Å². The first-order chi connectivity index (χ1) is 18.2. The number of hydrogen-bond acceptors (Lipinski definition) is 2. The lowest BCUT2D eigenvalue weighted by atomic mass is 9.73. The summed E-state index contributed by atoms with van der Waals surface area (Å²) in [5.41, 5.74) is 6.11. The van der Waals surface area contributed by atoms with E-state index in [0.29, 0.717) is 11.8 Å². The number of aliphatic hydroxyl groups is 2. The Balaban J connectivity index is 1.17. The minimum atomic E-state index is 0.204. The Kier molecular flexibility index (Phi) is 11.6. The Hall–Kier alpha value is -1.64. The number of unbranched alkanes of at least 4 members (excludes halogenated alkanes) is 2. The van der Waals surface area contributed by atoms with E-state index in [1.54, 1.807) is 11.1 Å². The van der Waals surface area contributed by atoms with Crippen molar-refractivity contribution in [3.05, 3.63) is 70.8 Å². The molecular weight excluding hydrogens is 452 g/mol. The third-order valence-corrected chi connectivity index (χ3v) is 9.83. The van der Waals surface area contributed by atoms with Crippen LogP contribution in [0, 0.1) is 17.8 Å². The van der Waals surface area contributed by atoms with E-state index in [1.165, 1.54) is 101 Å². The zero-order valence-electron chi connectivity index (χ0n) is 23.4. The molecule has 2 nitrogen and oxygen atoms in total. The number of hydrogen-bond donors (Lipinski definition) is 2. The van der Waals surface area contributed by atoms with Gasteiger partial charge in [-0.1, -0.05) is 81.1 Å². The molecule has 1 unspecified atom stereocenters. The second-order valence-electron chi connectivity index (χ2n) is 12.3. The molecule has 2 aliphatic rings. The Morgan fingerprint density at radius 2 is 1.22 bits per heavy atom. The summed E-state index contributed by atoms with van der Waals surface area (Å²) < 4.78 is 0. The highest BCUT2D eigenvalue weighted by Gasteiger charge is 2.27. The van der Waals surface area contributed by atoms with Crippen molar-refractivity contribution in [3.63, 3.8) is 0 Å². The fourth-order valence-corrected chi connectivity index (χ4v) is 7.21. The summed E-state index contributed by atoms with van der Waals surface area (Å²) in [7, 11) is 0. The summed E-state index contributed by atoms with van der Waals surface area (Å²) in [4.78, 5) is 0. The van der Waals surface area contributed by atoms with Gasteiger partial charge in [0.15, 0.2) is 0 Å². The van der Waals surface area contributed by atoms with Gasteiger partial charge in [-0.05, 0) is 122 Å². The highest BCUT2D eigenvalue weighted by Crippen LogP contribution is 2.41. The average Bonchev–Trinajstić information content (AvgIpc) is 2.96. The molecule has 4 rings (SSSR count). The first-order valence-electron chi connectivity index (χ1n) is 15.6. The molecule has 37 heavy (non-hydrogen) atoms. The maximum Gasteiger partial charge on any atom is 0.0462 e. The highest BCUT2D eigenvalue weighted by molar-refractivity contribution is 5.29. The zero-order chi connectivity index (χ0) is 25.9. The summed E-state index contributed by atoms with van der Waals surface area (Å²) in [6.07, 6.45) is 18.7. The summed E-state index contributed by atoms with van der Waals surface area (Å²) in [5.74, 6) is 3.20. The molecule has 2 N–H and O–H groups in total. The van der Waals surface area contributed by atoms with E-state index in [0.717, 1.165) is 24.2 Å². The van der Waals surface area contributed by atoms with Crippen LogP contribution >= 0.6 is 0 Å². The molecule has 0 amide bonds. The van der Waals surface area contributed by atoms with Gasteiger partial charge in [0.2, 0.25) is 0 Å². The summed E-state index contributed by atoms with van der Waals surface area (Å²) in [6, 6.07) is 19.2. The van der Waals surface area contributed by atoms with Crippen molar-refractivity contribution in [3.8, 4) is 0 Å². The van der Waals surface area contributed by atoms with Crippen LogP contribution in [0.2, 0.25) is 0 Å². The van der Waals surface area contributed by atoms with Crippen LogP contribution in [0.3, 0.4) is 0 Å². The van der Waals surface area contributed by atoms with Gasteiger partial charge < -0.3 is 10.2 Å². The van der Waals surface area contributed by atoms with Crippen molar-refractivity contribution in [1.29, 1.82) is 0 Å². The number of aliphatic hydroxyl groups excluding tert-OH is 2. The van der Waals surface area contributed by atoms with Gasteiger partial charge >= 0.3 is 0 Å². The van der Waals surface area contributed by atoms with Crippen LogP contribution in [0.5, 0.6) is 0 Å². The standard InChI is InChI=1S/C35H52O2/c1-2-3-4-5-27-8-14-30(15-9-27)32-20-22-33(23-21-32)31-16-10-28(11-17-31)6-7-29-12-18-34(19-13-29)35(26-37)24-25-36/h8-11,14-17,29,32-37H,2-7,12-13,18-26H2,1H3. The fraction of sp³-hybridized carbons (Fsp3) is 0.657. The summed E-state index contributed by atoms with van der Waals surface area (Å²) in [5, 5.41) is 18.9. The molecular formula is C35H52O2. The van der Waals surface area contributed by atoms with Crippen LogP contribution in [0.1, 0.15) is 124 Å². The van der Waals surface area contributed by atoms with Gasteiger partial charge in [0.1, 0.15) is 0 Å². The third kappa shape index (κ3) is 8.42. The van der Waals surface area contributed by atoms with E-state index in [-0.39, 0.29) is 13.2 Å². The smallest absolute Gasteiger partial charge is 0.0462 e. The summed E-state index contributed by atoms with van der Waals surface area (Å²) in [6.45, 7) is 2.71. The monoisotopic (exact) mass is 504 g/mol. The molecule has 0 heterocycles. The van der Waals surface area contributed by atoms with Crippen molar-refractivity contribution in [1.82, 2.24) is 0 Å². The summed E-state index contributed by atoms with van der Waals surface area (Å²) >= 11 is 0. The molecule has 0 aromatic heterocycles. The van der Waals surface area contributed by atoms with E-state index < -0.39 is 0 Å². The fourth-order valence-electron chi connectivity index (χ4n) is 7.21. The van der Waals surface area contributed by atoms with Crippen molar-refractivity contribution in [2.45, 2.75) is 115 Å². The second kappa shape index (κ2) is 15.1. The first kappa shape index (κ1) is 28.4. The predicted octanol–water partition coefficient (Wildman–Crippen LogP) is 8.59. The SMILES string of the molecule is CCCCCc1ccc(C2CCC(c3ccc(CCC4CCC(C(CO)CCO)CC4)cc3)CC2)cc1. The van der Waals surface area contributed by atoms with E-state index in [9.17, 15) is 10.2 Å². The molecule has 2 aliphatic carbocycles. The van der Waals surface area contributed by atoms with E-state index >= 15 is 0 Å². The Morgan fingerprint density at radius 3 is 1.70 bits per heavy atom. The lowest BCUT2D eigenvalue weighted by Gasteiger charge is -2.33. The maximum atomic E-state index is 9.64. The molecule has 0 radical (unpaired) electrons. The predicted molar refractivity (Wildman–Crippen MR) is 156 cm³/mol. The third-order valence-electron chi connectivity index (χ3n) is 9.83. The van der Waals surface area contributed by atoms with Gasteiger partial charge in [-0.3, -0.25) is 0 Å². The minimum absolute atomic E-state index is 0.204. The van der Waals surface area contributed by atoms with E-state index in [1.807, 2.05) is 0 Å². The quantitative estimate of drug-likeness (QED) is 0.268. The zero-order valence-corrected chi connectivity index (χ0v) is 23.4. The van der Waals surface area contributed by atoms with Crippen molar-refractivity contribution < 1.29 is 10.2 Å². The molecule has 1 atom stereocenters. The van der Waals surface area contributed by atoms with Crippen LogP contribution in [-0.2, 0) is 12.8 Å². The Bertz CT molecular complexity index is 870. The van der Waals surface area contributed by atoms with Crippen molar-refractivity contribution in [2.24, 2.45) is 17.8 Å². The lowest BCUT2D eigenvalue weighted by molar-refractivity contribution is 0.105. The van der Waals surface area contributed by atoms with Gasteiger partial charge in [-0.25, -0.2) is 0 Å². The Morgan fingerprint density at radius 1 is 0.676 bits per heavy atom. The highest BCUT2D eigenvalue weighted by atomic mass is 16.3. The molecule has 0 aliphatic heterocycles. The molecule has 2 aromatic carbocycles. The topological polar surface area (TPSA) is 40.5 Å². The molecule has 2 saturated carbocycles. The van der Waals surface area contributed by atoms with Crippen LogP contribution in [0.15, 0.2) is 48.5 Å².